The standard InChI is InChI=1S/C23H24N4O4/c1-15-8-6-11-27-20(15)25-21-16(23(27)29)14-18(26(21)12-7-13-30-2)22(28)24-17-9-4-5-10-19(17)31-3/h4-6,8-11,14H,7,12-13H2,1-3H3,(H,24,28). The fraction of sp³-hybridized carbons (Fsp3) is 0.261. The van der Waals surface area contributed by atoms with Crippen molar-refractivity contribution < 1.29 is 14.3 Å². The number of aryl methyl sites for hydroxylation is 2. The number of fused-ring (bicyclic) bond motifs is 2. The fourth-order valence-corrected chi connectivity index (χ4v) is 3.68. The number of ether oxygens (including phenoxy) is 2. The summed E-state index contributed by atoms with van der Waals surface area (Å²) in [6.45, 7) is 2.92. The Balaban J connectivity index is 1.86. The van der Waals surface area contributed by atoms with Crippen LogP contribution < -0.4 is 15.6 Å². The van der Waals surface area contributed by atoms with Crippen LogP contribution in [0.15, 0.2) is 53.5 Å². The Hall–Kier alpha value is -3.65. The van der Waals surface area contributed by atoms with Gasteiger partial charge in [-0.1, -0.05) is 18.2 Å². The van der Waals surface area contributed by atoms with Gasteiger partial charge < -0.3 is 19.4 Å². The number of hydrogen-bond donors (Lipinski definition) is 1. The van der Waals surface area contributed by atoms with Gasteiger partial charge in [0.05, 0.1) is 18.2 Å². The molecule has 0 saturated carbocycles. The monoisotopic (exact) mass is 420 g/mol. The predicted octanol–water partition coefficient (Wildman–Crippen LogP) is 3.26. The molecule has 4 rings (SSSR count). The Morgan fingerprint density at radius 3 is 2.71 bits per heavy atom. The zero-order valence-electron chi connectivity index (χ0n) is 17.7. The number of carbonyl (C=O) groups is 1. The Bertz CT molecular complexity index is 1320. The van der Waals surface area contributed by atoms with Gasteiger partial charge in [-0.25, -0.2) is 4.98 Å². The van der Waals surface area contributed by atoms with Gasteiger partial charge in [0, 0.05) is 26.5 Å². The zero-order chi connectivity index (χ0) is 22.0. The molecule has 160 valence electrons. The van der Waals surface area contributed by atoms with Crippen LogP contribution in [0.4, 0.5) is 5.69 Å². The van der Waals surface area contributed by atoms with Crippen molar-refractivity contribution in [3.63, 3.8) is 0 Å². The molecule has 1 amide bonds. The summed E-state index contributed by atoms with van der Waals surface area (Å²) >= 11 is 0. The molecular weight excluding hydrogens is 396 g/mol. The second-order valence-corrected chi connectivity index (χ2v) is 7.22. The van der Waals surface area contributed by atoms with Crippen LogP contribution in [-0.2, 0) is 11.3 Å². The average molecular weight is 420 g/mol. The van der Waals surface area contributed by atoms with Crippen LogP contribution in [-0.4, -0.2) is 40.7 Å². The van der Waals surface area contributed by atoms with E-state index >= 15 is 0 Å². The molecule has 0 bridgehead atoms. The number of amides is 1. The van der Waals surface area contributed by atoms with E-state index in [9.17, 15) is 9.59 Å². The summed E-state index contributed by atoms with van der Waals surface area (Å²) in [5, 5.41) is 3.28. The molecule has 0 aliphatic heterocycles. The second-order valence-electron chi connectivity index (χ2n) is 7.22. The third-order valence-electron chi connectivity index (χ3n) is 5.21. The van der Waals surface area contributed by atoms with Crippen molar-refractivity contribution in [2.45, 2.75) is 19.9 Å². The third-order valence-corrected chi connectivity index (χ3v) is 5.21. The highest BCUT2D eigenvalue weighted by atomic mass is 16.5. The molecule has 0 aliphatic carbocycles. The summed E-state index contributed by atoms with van der Waals surface area (Å²) in [6, 6.07) is 12.5. The van der Waals surface area contributed by atoms with E-state index in [1.54, 1.807) is 43.2 Å². The number of benzene rings is 1. The lowest BCUT2D eigenvalue weighted by atomic mass is 10.2. The minimum Gasteiger partial charge on any atom is -0.495 e. The maximum absolute atomic E-state index is 13.2. The molecule has 31 heavy (non-hydrogen) atoms. The Morgan fingerprint density at radius 1 is 1.13 bits per heavy atom. The smallest absolute Gasteiger partial charge is 0.272 e. The molecule has 0 saturated heterocycles. The van der Waals surface area contributed by atoms with E-state index in [0.717, 1.165) is 5.56 Å². The highest BCUT2D eigenvalue weighted by Crippen LogP contribution is 2.25. The first-order chi connectivity index (χ1) is 15.0. The molecule has 1 aromatic carbocycles. The summed E-state index contributed by atoms with van der Waals surface area (Å²) in [6.07, 6.45) is 2.36. The van der Waals surface area contributed by atoms with Gasteiger partial charge >= 0.3 is 0 Å². The van der Waals surface area contributed by atoms with Crippen LogP contribution in [0.3, 0.4) is 0 Å². The SMILES string of the molecule is COCCCn1c(C(=O)Nc2ccccc2OC)cc2c(=O)n3cccc(C)c3nc21. The number of methoxy groups -OCH3 is 2. The van der Waals surface area contributed by atoms with Gasteiger partial charge in [0.1, 0.15) is 22.7 Å². The molecule has 1 N–H and O–H groups in total. The molecule has 3 aromatic heterocycles. The van der Waals surface area contributed by atoms with Crippen molar-refractivity contribution in [2.75, 3.05) is 26.1 Å². The maximum atomic E-state index is 13.2. The summed E-state index contributed by atoms with van der Waals surface area (Å²) in [7, 11) is 3.18. The molecule has 3 heterocycles. The lowest BCUT2D eigenvalue weighted by molar-refractivity contribution is 0.101. The highest BCUT2D eigenvalue weighted by Gasteiger charge is 2.21. The van der Waals surface area contributed by atoms with Crippen molar-refractivity contribution >= 4 is 28.3 Å². The number of rotatable bonds is 7. The van der Waals surface area contributed by atoms with Crippen molar-refractivity contribution in [3.8, 4) is 5.75 Å². The lowest BCUT2D eigenvalue weighted by Crippen LogP contribution is -2.19. The first kappa shape index (κ1) is 20.6. The number of para-hydroxylation sites is 2. The largest absolute Gasteiger partial charge is 0.495 e. The van der Waals surface area contributed by atoms with Gasteiger partial charge in [-0.05, 0) is 43.2 Å². The van der Waals surface area contributed by atoms with Gasteiger partial charge in [0.2, 0.25) is 0 Å². The minimum absolute atomic E-state index is 0.208. The summed E-state index contributed by atoms with van der Waals surface area (Å²) in [5.41, 5.74) is 2.64. The quantitative estimate of drug-likeness (QED) is 0.464. The van der Waals surface area contributed by atoms with Gasteiger partial charge in [-0.3, -0.25) is 14.0 Å². The van der Waals surface area contributed by atoms with Crippen LogP contribution in [0.5, 0.6) is 5.75 Å². The van der Waals surface area contributed by atoms with E-state index in [1.807, 2.05) is 31.2 Å². The van der Waals surface area contributed by atoms with Gasteiger partial charge in [-0.15, -0.1) is 0 Å². The van der Waals surface area contributed by atoms with Crippen LogP contribution in [0, 0.1) is 6.92 Å². The van der Waals surface area contributed by atoms with Gasteiger partial charge in [0.15, 0.2) is 0 Å². The topological polar surface area (TPSA) is 86.9 Å². The first-order valence-electron chi connectivity index (χ1n) is 9.99. The summed E-state index contributed by atoms with van der Waals surface area (Å²) < 4.78 is 13.8. The van der Waals surface area contributed by atoms with E-state index in [0.29, 0.717) is 53.4 Å². The van der Waals surface area contributed by atoms with Gasteiger partial charge in [0.25, 0.3) is 11.5 Å². The third kappa shape index (κ3) is 3.77. The Labute approximate surface area is 179 Å². The molecule has 0 aliphatic rings. The first-order valence-corrected chi connectivity index (χ1v) is 9.99. The Kier molecular flexibility index (Phi) is 5.73. The van der Waals surface area contributed by atoms with Crippen molar-refractivity contribution in [1.29, 1.82) is 0 Å². The van der Waals surface area contributed by atoms with Crippen LogP contribution in [0.2, 0.25) is 0 Å². The van der Waals surface area contributed by atoms with Crippen molar-refractivity contribution in [1.82, 2.24) is 14.0 Å². The zero-order valence-corrected chi connectivity index (χ0v) is 17.7. The van der Waals surface area contributed by atoms with E-state index < -0.39 is 0 Å². The maximum Gasteiger partial charge on any atom is 0.272 e. The molecule has 0 fully saturated rings. The second kappa shape index (κ2) is 8.61. The summed E-state index contributed by atoms with van der Waals surface area (Å²) in [4.78, 5) is 31.1. The number of pyridine rings is 1. The fourth-order valence-electron chi connectivity index (χ4n) is 3.68. The molecule has 0 radical (unpaired) electrons. The number of hydrogen-bond acceptors (Lipinski definition) is 5. The summed E-state index contributed by atoms with van der Waals surface area (Å²) in [5.74, 6) is 0.211. The van der Waals surface area contributed by atoms with E-state index in [1.165, 1.54) is 4.40 Å². The number of carbonyl (C=O) groups excluding carboxylic acids is 1. The molecule has 8 heteroatoms. The lowest BCUT2D eigenvalue weighted by Gasteiger charge is -2.12. The van der Waals surface area contributed by atoms with Crippen LogP contribution in [0.1, 0.15) is 22.5 Å². The number of aromatic nitrogens is 3. The predicted molar refractivity (Wildman–Crippen MR) is 119 cm³/mol. The van der Waals surface area contributed by atoms with Crippen LogP contribution >= 0.6 is 0 Å². The molecule has 8 nitrogen and oxygen atoms in total. The van der Waals surface area contributed by atoms with Crippen LogP contribution in [0.25, 0.3) is 16.7 Å². The molecule has 0 spiro atoms. The normalized spacial score (nSPS) is 11.2. The van der Waals surface area contributed by atoms with E-state index in [2.05, 4.69) is 5.32 Å². The Morgan fingerprint density at radius 2 is 1.94 bits per heavy atom. The van der Waals surface area contributed by atoms with E-state index in [-0.39, 0.29) is 11.5 Å². The minimum atomic E-state index is -0.343. The van der Waals surface area contributed by atoms with Gasteiger partial charge in [-0.2, -0.15) is 0 Å². The number of anilines is 1. The van der Waals surface area contributed by atoms with E-state index in [4.69, 9.17) is 14.5 Å². The molecule has 0 atom stereocenters. The van der Waals surface area contributed by atoms with Crippen molar-refractivity contribution in [3.05, 3.63) is 70.3 Å². The molecule has 4 aromatic rings. The average Bonchev–Trinajstić information content (AvgIpc) is 3.14. The van der Waals surface area contributed by atoms with Crippen molar-refractivity contribution in [2.24, 2.45) is 0 Å². The molecule has 0 unspecified atom stereocenters. The number of nitrogens with one attached hydrogen (secondary N) is 1. The highest BCUT2D eigenvalue weighted by molar-refractivity contribution is 6.06. The molecular formula is C23H24N4O4. The number of nitrogens with zero attached hydrogens (tertiary/aromatic N) is 3.